The maximum atomic E-state index is 12.6. The Kier molecular flexibility index (Phi) is 5.85. The third kappa shape index (κ3) is 4.29. The molecule has 1 aromatic heterocycles. The molecule has 2 aliphatic heterocycles. The minimum atomic E-state index is 0.0219. The standard InChI is InChI=1S/C22H31N5O2/c1-17(2)27-16-23-20-15-18(6-7-19(20)22(27)29)25-12-9-24(10-13-25)11-14-26-8-4-3-5-21(26)28/h6-7,15-17H,3-5,8-14H2,1-2H3. The van der Waals surface area contributed by atoms with Crippen LogP contribution in [0.15, 0.2) is 29.3 Å². The number of carbonyl (C=O) groups excluding carboxylic acids is 1. The van der Waals surface area contributed by atoms with E-state index in [1.807, 2.05) is 36.9 Å². The maximum absolute atomic E-state index is 12.6. The van der Waals surface area contributed by atoms with Gasteiger partial charge >= 0.3 is 0 Å². The molecular formula is C22H31N5O2. The molecule has 1 aromatic carbocycles. The molecule has 0 aliphatic carbocycles. The molecule has 156 valence electrons. The molecule has 1 amide bonds. The van der Waals surface area contributed by atoms with Crippen LogP contribution in [-0.4, -0.2) is 71.1 Å². The molecule has 2 aliphatic rings. The van der Waals surface area contributed by atoms with Crippen LogP contribution in [0.4, 0.5) is 5.69 Å². The summed E-state index contributed by atoms with van der Waals surface area (Å²) in [7, 11) is 0. The molecule has 0 N–H and O–H groups in total. The Labute approximate surface area is 171 Å². The van der Waals surface area contributed by atoms with Gasteiger partial charge in [-0.15, -0.1) is 0 Å². The van der Waals surface area contributed by atoms with Gasteiger partial charge in [0.15, 0.2) is 0 Å². The highest BCUT2D eigenvalue weighted by Crippen LogP contribution is 2.21. The first-order valence-corrected chi connectivity index (χ1v) is 10.8. The van der Waals surface area contributed by atoms with Crippen molar-refractivity contribution >= 4 is 22.5 Å². The number of hydrogen-bond donors (Lipinski definition) is 0. The van der Waals surface area contributed by atoms with Gasteiger partial charge in [-0.2, -0.15) is 0 Å². The lowest BCUT2D eigenvalue weighted by Crippen LogP contribution is -2.49. The molecule has 0 bridgehead atoms. The number of amides is 1. The molecule has 0 saturated carbocycles. The molecule has 2 aromatic rings. The van der Waals surface area contributed by atoms with Crippen molar-refractivity contribution in [3.63, 3.8) is 0 Å². The quantitative estimate of drug-likeness (QED) is 0.773. The van der Waals surface area contributed by atoms with E-state index in [1.54, 1.807) is 10.9 Å². The van der Waals surface area contributed by atoms with Crippen molar-refractivity contribution < 1.29 is 4.79 Å². The van der Waals surface area contributed by atoms with E-state index < -0.39 is 0 Å². The van der Waals surface area contributed by atoms with Crippen LogP contribution in [0.5, 0.6) is 0 Å². The second-order valence-electron chi connectivity index (χ2n) is 8.42. The van der Waals surface area contributed by atoms with Gasteiger partial charge in [-0.3, -0.25) is 19.1 Å². The minimum absolute atomic E-state index is 0.0219. The highest BCUT2D eigenvalue weighted by molar-refractivity contribution is 5.81. The van der Waals surface area contributed by atoms with Gasteiger partial charge in [0.25, 0.3) is 5.56 Å². The summed E-state index contributed by atoms with van der Waals surface area (Å²) in [5.74, 6) is 0.315. The van der Waals surface area contributed by atoms with Crippen molar-refractivity contribution in [3.8, 4) is 0 Å². The highest BCUT2D eigenvalue weighted by atomic mass is 16.2. The van der Waals surface area contributed by atoms with Crippen LogP contribution in [-0.2, 0) is 4.79 Å². The number of likely N-dealkylation sites (tertiary alicyclic amines) is 1. The van der Waals surface area contributed by atoms with E-state index in [9.17, 15) is 9.59 Å². The first kappa shape index (κ1) is 19.9. The normalized spacial score (nSPS) is 18.8. The van der Waals surface area contributed by atoms with Crippen molar-refractivity contribution in [2.75, 3.05) is 50.7 Å². The summed E-state index contributed by atoms with van der Waals surface area (Å²) in [5, 5.41) is 0.676. The average Bonchev–Trinajstić information content (AvgIpc) is 2.73. The zero-order valence-electron chi connectivity index (χ0n) is 17.5. The molecule has 0 radical (unpaired) electrons. The van der Waals surface area contributed by atoms with Gasteiger partial charge in [-0.1, -0.05) is 0 Å². The van der Waals surface area contributed by atoms with Gasteiger partial charge in [-0.25, -0.2) is 4.98 Å². The lowest BCUT2D eigenvalue weighted by molar-refractivity contribution is -0.133. The van der Waals surface area contributed by atoms with Crippen LogP contribution < -0.4 is 10.5 Å². The Balaban J connectivity index is 1.37. The summed E-state index contributed by atoms with van der Waals surface area (Å²) >= 11 is 0. The minimum Gasteiger partial charge on any atom is -0.369 e. The molecule has 4 rings (SSSR count). The van der Waals surface area contributed by atoms with Crippen molar-refractivity contribution in [2.24, 2.45) is 0 Å². The molecule has 0 atom stereocenters. The Morgan fingerprint density at radius 2 is 1.79 bits per heavy atom. The summed E-state index contributed by atoms with van der Waals surface area (Å²) in [6.45, 7) is 10.6. The van der Waals surface area contributed by atoms with Crippen LogP contribution in [0.3, 0.4) is 0 Å². The van der Waals surface area contributed by atoms with E-state index in [1.165, 1.54) is 0 Å². The van der Waals surface area contributed by atoms with Gasteiger partial charge < -0.3 is 9.80 Å². The molecule has 2 fully saturated rings. The maximum Gasteiger partial charge on any atom is 0.261 e. The zero-order valence-corrected chi connectivity index (χ0v) is 17.5. The molecule has 0 unspecified atom stereocenters. The topological polar surface area (TPSA) is 61.7 Å². The lowest BCUT2D eigenvalue weighted by atomic mass is 10.1. The molecule has 2 saturated heterocycles. The van der Waals surface area contributed by atoms with Gasteiger partial charge in [0.2, 0.25) is 5.91 Å². The van der Waals surface area contributed by atoms with Crippen LogP contribution in [0.1, 0.15) is 39.2 Å². The van der Waals surface area contributed by atoms with Crippen LogP contribution in [0.25, 0.3) is 10.9 Å². The zero-order chi connectivity index (χ0) is 20.4. The summed E-state index contributed by atoms with van der Waals surface area (Å²) < 4.78 is 1.67. The van der Waals surface area contributed by atoms with Crippen molar-refractivity contribution in [2.45, 2.75) is 39.2 Å². The Hall–Kier alpha value is -2.41. The third-order valence-corrected chi connectivity index (χ3v) is 6.17. The number of anilines is 1. The molecule has 7 heteroatoms. The highest BCUT2D eigenvalue weighted by Gasteiger charge is 2.21. The van der Waals surface area contributed by atoms with E-state index in [2.05, 4.69) is 14.8 Å². The molecule has 29 heavy (non-hydrogen) atoms. The fraction of sp³-hybridized carbons (Fsp3) is 0.591. The summed E-state index contributed by atoms with van der Waals surface area (Å²) in [6.07, 6.45) is 4.54. The predicted octanol–water partition coefficient (Wildman–Crippen LogP) is 2.11. The molecular weight excluding hydrogens is 366 g/mol. The van der Waals surface area contributed by atoms with E-state index in [-0.39, 0.29) is 11.6 Å². The Morgan fingerprint density at radius 1 is 1.00 bits per heavy atom. The number of aromatic nitrogens is 2. The van der Waals surface area contributed by atoms with E-state index in [0.29, 0.717) is 17.7 Å². The number of benzene rings is 1. The lowest BCUT2D eigenvalue weighted by Gasteiger charge is -2.37. The van der Waals surface area contributed by atoms with Crippen molar-refractivity contribution in [1.82, 2.24) is 19.4 Å². The number of nitrogens with zero attached hydrogens (tertiary/aromatic N) is 5. The van der Waals surface area contributed by atoms with Crippen LogP contribution in [0, 0.1) is 0 Å². The average molecular weight is 398 g/mol. The molecule has 3 heterocycles. The summed E-state index contributed by atoms with van der Waals surface area (Å²) in [6, 6.07) is 6.09. The Bertz CT molecular complexity index is 930. The third-order valence-electron chi connectivity index (χ3n) is 6.17. The fourth-order valence-corrected chi connectivity index (χ4v) is 4.28. The second kappa shape index (κ2) is 8.53. The fourth-order valence-electron chi connectivity index (χ4n) is 4.28. The summed E-state index contributed by atoms with van der Waals surface area (Å²) in [5.41, 5.74) is 1.90. The van der Waals surface area contributed by atoms with Crippen LogP contribution in [0.2, 0.25) is 0 Å². The molecule has 0 spiro atoms. The van der Waals surface area contributed by atoms with Crippen LogP contribution >= 0.6 is 0 Å². The Morgan fingerprint density at radius 3 is 2.52 bits per heavy atom. The second-order valence-corrected chi connectivity index (χ2v) is 8.42. The number of carbonyl (C=O) groups is 1. The van der Waals surface area contributed by atoms with Gasteiger partial charge in [0.05, 0.1) is 17.2 Å². The first-order chi connectivity index (χ1) is 14.0. The van der Waals surface area contributed by atoms with Gasteiger partial charge in [-0.05, 0) is 44.9 Å². The largest absolute Gasteiger partial charge is 0.369 e. The number of piperidine rings is 1. The molecule has 7 nitrogen and oxygen atoms in total. The van der Waals surface area contributed by atoms with Gasteiger partial charge in [0, 0.05) is 64.0 Å². The first-order valence-electron chi connectivity index (χ1n) is 10.8. The number of fused-ring (bicyclic) bond motifs is 1. The SMILES string of the molecule is CC(C)n1cnc2cc(N3CCN(CCN4CCCCC4=O)CC3)ccc2c1=O. The van der Waals surface area contributed by atoms with E-state index in [4.69, 9.17) is 0 Å². The number of piperazine rings is 1. The monoisotopic (exact) mass is 397 g/mol. The summed E-state index contributed by atoms with van der Waals surface area (Å²) in [4.78, 5) is 35.9. The number of rotatable bonds is 5. The predicted molar refractivity (Wildman–Crippen MR) is 115 cm³/mol. The smallest absolute Gasteiger partial charge is 0.261 e. The number of hydrogen-bond acceptors (Lipinski definition) is 5. The van der Waals surface area contributed by atoms with Crippen molar-refractivity contribution in [1.29, 1.82) is 0 Å². The van der Waals surface area contributed by atoms with Crippen molar-refractivity contribution in [3.05, 3.63) is 34.9 Å². The van der Waals surface area contributed by atoms with Gasteiger partial charge in [0.1, 0.15) is 0 Å². The van der Waals surface area contributed by atoms with E-state index >= 15 is 0 Å². The van der Waals surface area contributed by atoms with E-state index in [0.717, 1.165) is 69.9 Å².